The first kappa shape index (κ1) is 13.1. The van der Waals surface area contributed by atoms with Crippen molar-refractivity contribution in [3.63, 3.8) is 0 Å². The van der Waals surface area contributed by atoms with Crippen LogP contribution in [0.25, 0.3) is 5.52 Å². The molecule has 0 spiro atoms. The quantitative estimate of drug-likeness (QED) is 0.817. The smallest absolute Gasteiger partial charge is 0.152 e. The Hall–Kier alpha value is -1.29. The number of fused-ring (bicyclic) bond motifs is 1. The number of hydrogen-bond donors (Lipinski definition) is 1. The summed E-state index contributed by atoms with van der Waals surface area (Å²) in [5.41, 5.74) is 2.02. The maximum Gasteiger partial charge on any atom is 0.152 e. The van der Waals surface area contributed by atoms with E-state index in [2.05, 4.69) is 22.3 Å². The van der Waals surface area contributed by atoms with Crippen molar-refractivity contribution in [2.24, 2.45) is 5.92 Å². The molecule has 2 rings (SSSR count). The highest BCUT2D eigenvalue weighted by Crippen LogP contribution is 2.16. The van der Waals surface area contributed by atoms with Crippen molar-refractivity contribution >= 4 is 22.9 Å². The van der Waals surface area contributed by atoms with Crippen molar-refractivity contribution in [3.05, 3.63) is 24.2 Å². The third-order valence-electron chi connectivity index (χ3n) is 3.16. The monoisotopic (exact) mass is 266 g/mol. The normalized spacial score (nSPS) is 12.8. The van der Waals surface area contributed by atoms with Gasteiger partial charge in [0, 0.05) is 24.8 Å². The molecule has 0 saturated carbocycles. The third kappa shape index (κ3) is 2.93. The SMILES string of the molecule is CCC(CCCl)CNc1nccn2nc(C)cc12. The number of rotatable bonds is 6. The van der Waals surface area contributed by atoms with Gasteiger partial charge in [-0.1, -0.05) is 13.3 Å². The molecule has 2 aromatic rings. The van der Waals surface area contributed by atoms with Gasteiger partial charge in [0.25, 0.3) is 0 Å². The van der Waals surface area contributed by atoms with E-state index in [4.69, 9.17) is 11.6 Å². The van der Waals surface area contributed by atoms with Gasteiger partial charge >= 0.3 is 0 Å². The Kier molecular flexibility index (Phi) is 4.42. The Bertz CT molecular complexity index is 509. The average Bonchev–Trinajstić information content (AvgIpc) is 2.75. The van der Waals surface area contributed by atoms with Crippen LogP contribution in [-0.4, -0.2) is 27.0 Å². The summed E-state index contributed by atoms with van der Waals surface area (Å²) in [6.45, 7) is 5.08. The first-order chi connectivity index (χ1) is 8.74. The van der Waals surface area contributed by atoms with E-state index in [0.29, 0.717) is 11.8 Å². The summed E-state index contributed by atoms with van der Waals surface area (Å²) >= 11 is 5.80. The van der Waals surface area contributed by atoms with Crippen LogP contribution in [0.5, 0.6) is 0 Å². The van der Waals surface area contributed by atoms with Gasteiger partial charge in [-0.15, -0.1) is 11.6 Å². The highest BCUT2D eigenvalue weighted by atomic mass is 35.5. The molecular formula is C13H19ClN4. The predicted octanol–water partition coefficient (Wildman–Crippen LogP) is 3.10. The molecule has 0 aromatic carbocycles. The molecule has 1 unspecified atom stereocenters. The number of halogens is 1. The Morgan fingerprint density at radius 1 is 1.50 bits per heavy atom. The zero-order valence-electron chi connectivity index (χ0n) is 10.9. The summed E-state index contributed by atoms with van der Waals surface area (Å²) in [6.07, 6.45) is 5.79. The predicted molar refractivity (Wildman–Crippen MR) is 75.3 cm³/mol. The van der Waals surface area contributed by atoms with E-state index in [1.807, 2.05) is 23.7 Å². The van der Waals surface area contributed by atoms with Crippen molar-refractivity contribution < 1.29 is 0 Å². The Labute approximate surface area is 112 Å². The standard InChI is InChI=1S/C13H19ClN4/c1-3-11(4-5-14)9-16-13-12-8-10(2)17-18(12)7-6-15-13/h6-8,11H,3-5,9H2,1-2H3,(H,15,16). The molecule has 2 heterocycles. The lowest BCUT2D eigenvalue weighted by Gasteiger charge is -2.14. The van der Waals surface area contributed by atoms with Crippen LogP contribution in [-0.2, 0) is 0 Å². The molecule has 2 aromatic heterocycles. The van der Waals surface area contributed by atoms with Gasteiger partial charge in [0.1, 0.15) is 5.52 Å². The van der Waals surface area contributed by atoms with Gasteiger partial charge in [0.05, 0.1) is 5.69 Å². The van der Waals surface area contributed by atoms with Crippen LogP contribution in [0.2, 0.25) is 0 Å². The molecule has 0 aliphatic carbocycles. The largest absolute Gasteiger partial charge is 0.368 e. The zero-order valence-corrected chi connectivity index (χ0v) is 11.6. The Morgan fingerprint density at radius 3 is 3.06 bits per heavy atom. The first-order valence-corrected chi connectivity index (χ1v) is 6.89. The van der Waals surface area contributed by atoms with Crippen LogP contribution >= 0.6 is 11.6 Å². The number of alkyl halides is 1. The van der Waals surface area contributed by atoms with Crippen molar-refractivity contribution in [1.29, 1.82) is 0 Å². The minimum atomic E-state index is 0.591. The van der Waals surface area contributed by atoms with Crippen LogP contribution < -0.4 is 5.32 Å². The van der Waals surface area contributed by atoms with Gasteiger partial charge in [-0.05, 0) is 25.3 Å². The van der Waals surface area contributed by atoms with Crippen molar-refractivity contribution in [3.8, 4) is 0 Å². The highest BCUT2D eigenvalue weighted by molar-refractivity contribution is 6.17. The number of aromatic nitrogens is 3. The molecule has 0 aliphatic rings. The average molecular weight is 267 g/mol. The van der Waals surface area contributed by atoms with Gasteiger partial charge in [0.15, 0.2) is 5.82 Å². The molecular weight excluding hydrogens is 248 g/mol. The van der Waals surface area contributed by atoms with E-state index in [1.54, 1.807) is 6.20 Å². The summed E-state index contributed by atoms with van der Waals surface area (Å²) in [6, 6.07) is 2.04. The van der Waals surface area contributed by atoms with Crippen LogP contribution in [0.1, 0.15) is 25.5 Å². The van der Waals surface area contributed by atoms with Crippen LogP contribution in [0.3, 0.4) is 0 Å². The van der Waals surface area contributed by atoms with E-state index < -0.39 is 0 Å². The molecule has 0 radical (unpaired) electrons. The van der Waals surface area contributed by atoms with E-state index >= 15 is 0 Å². The minimum Gasteiger partial charge on any atom is -0.368 e. The zero-order chi connectivity index (χ0) is 13.0. The minimum absolute atomic E-state index is 0.591. The van der Waals surface area contributed by atoms with Gasteiger partial charge in [-0.25, -0.2) is 9.50 Å². The second kappa shape index (κ2) is 6.05. The van der Waals surface area contributed by atoms with Gasteiger partial charge < -0.3 is 5.32 Å². The molecule has 0 fully saturated rings. The van der Waals surface area contributed by atoms with Crippen molar-refractivity contribution in [2.75, 3.05) is 17.7 Å². The fraction of sp³-hybridized carbons (Fsp3) is 0.538. The molecule has 0 aliphatic heterocycles. The maximum absolute atomic E-state index is 5.80. The highest BCUT2D eigenvalue weighted by Gasteiger charge is 2.08. The first-order valence-electron chi connectivity index (χ1n) is 6.35. The second-order valence-corrected chi connectivity index (χ2v) is 4.90. The summed E-state index contributed by atoms with van der Waals surface area (Å²) in [5.74, 6) is 2.20. The molecule has 4 nitrogen and oxygen atoms in total. The molecule has 0 bridgehead atoms. The molecule has 1 atom stereocenters. The number of nitrogens with one attached hydrogen (secondary N) is 1. The summed E-state index contributed by atoms with van der Waals surface area (Å²) in [4.78, 5) is 4.38. The molecule has 98 valence electrons. The molecule has 1 N–H and O–H groups in total. The van der Waals surface area contributed by atoms with E-state index in [9.17, 15) is 0 Å². The number of anilines is 1. The lowest BCUT2D eigenvalue weighted by atomic mass is 10.0. The second-order valence-electron chi connectivity index (χ2n) is 4.52. The van der Waals surface area contributed by atoms with E-state index in [-0.39, 0.29) is 0 Å². The number of hydrogen-bond acceptors (Lipinski definition) is 3. The number of aryl methyl sites for hydroxylation is 1. The fourth-order valence-corrected chi connectivity index (χ4v) is 2.33. The van der Waals surface area contributed by atoms with Crippen LogP contribution in [0.4, 0.5) is 5.82 Å². The molecule has 18 heavy (non-hydrogen) atoms. The van der Waals surface area contributed by atoms with Crippen molar-refractivity contribution in [1.82, 2.24) is 14.6 Å². The Balaban J connectivity index is 2.11. The topological polar surface area (TPSA) is 42.2 Å². The summed E-state index contributed by atoms with van der Waals surface area (Å²) in [7, 11) is 0. The summed E-state index contributed by atoms with van der Waals surface area (Å²) in [5, 5.41) is 7.78. The summed E-state index contributed by atoms with van der Waals surface area (Å²) < 4.78 is 1.85. The van der Waals surface area contributed by atoms with Crippen molar-refractivity contribution in [2.45, 2.75) is 26.7 Å². The molecule has 0 saturated heterocycles. The van der Waals surface area contributed by atoms with E-state index in [1.165, 1.54) is 0 Å². The van der Waals surface area contributed by atoms with Crippen LogP contribution in [0.15, 0.2) is 18.5 Å². The van der Waals surface area contributed by atoms with Gasteiger partial charge in [-0.2, -0.15) is 5.10 Å². The Morgan fingerprint density at radius 2 is 2.33 bits per heavy atom. The van der Waals surface area contributed by atoms with Gasteiger partial charge in [-0.3, -0.25) is 0 Å². The molecule has 0 amide bonds. The third-order valence-corrected chi connectivity index (χ3v) is 3.38. The lowest BCUT2D eigenvalue weighted by Crippen LogP contribution is -2.15. The van der Waals surface area contributed by atoms with E-state index in [0.717, 1.165) is 36.4 Å². The van der Waals surface area contributed by atoms with Gasteiger partial charge in [0.2, 0.25) is 0 Å². The molecule has 5 heteroatoms. The lowest BCUT2D eigenvalue weighted by molar-refractivity contribution is 0.521. The number of nitrogens with zero attached hydrogens (tertiary/aromatic N) is 3. The maximum atomic E-state index is 5.80. The fourth-order valence-electron chi connectivity index (χ4n) is 2.03. The van der Waals surface area contributed by atoms with Crippen LogP contribution in [0, 0.1) is 12.8 Å².